The third kappa shape index (κ3) is 7.93. The maximum Gasteiger partial charge on any atom is 0.276 e. The Kier molecular flexibility index (Phi) is 7.84. The predicted molar refractivity (Wildman–Crippen MR) is 106 cm³/mol. The maximum atomic E-state index is 11.7. The van der Waals surface area contributed by atoms with Crippen LogP contribution >= 0.6 is 23.8 Å². The van der Waals surface area contributed by atoms with E-state index < -0.39 is 11.8 Å². The molecule has 0 aliphatic rings. The summed E-state index contributed by atoms with van der Waals surface area (Å²) in [6, 6.07) is 13.9. The highest BCUT2D eigenvalue weighted by Gasteiger charge is 2.08. The van der Waals surface area contributed by atoms with Crippen LogP contribution in [0.25, 0.3) is 0 Å². The van der Waals surface area contributed by atoms with Gasteiger partial charge in [0.05, 0.1) is 0 Å². The van der Waals surface area contributed by atoms with Gasteiger partial charge in [-0.05, 0) is 55.5 Å². The first-order valence-electron chi connectivity index (χ1n) is 7.89. The number of rotatable bonds is 6. The molecule has 142 valence electrons. The van der Waals surface area contributed by atoms with Gasteiger partial charge in [-0.3, -0.25) is 25.8 Å². The number of hydrogen-bond donors (Lipinski definition) is 3. The van der Waals surface area contributed by atoms with Crippen molar-refractivity contribution in [2.24, 2.45) is 0 Å². The number of carbonyl (C=O) groups excluding carboxylic acids is 2. The molecule has 0 aliphatic heterocycles. The van der Waals surface area contributed by atoms with Crippen molar-refractivity contribution in [1.29, 1.82) is 0 Å². The van der Waals surface area contributed by atoms with Crippen LogP contribution in [0.15, 0.2) is 48.5 Å². The van der Waals surface area contributed by atoms with Crippen molar-refractivity contribution in [3.63, 3.8) is 0 Å². The van der Waals surface area contributed by atoms with Crippen LogP contribution in [0.1, 0.15) is 5.56 Å². The Morgan fingerprint density at radius 2 is 1.41 bits per heavy atom. The maximum absolute atomic E-state index is 11.7. The largest absolute Gasteiger partial charge is 0.484 e. The van der Waals surface area contributed by atoms with Crippen molar-refractivity contribution in [2.45, 2.75) is 6.92 Å². The van der Waals surface area contributed by atoms with Crippen LogP contribution in [0.5, 0.6) is 11.5 Å². The van der Waals surface area contributed by atoms with Crippen LogP contribution < -0.4 is 25.6 Å². The Morgan fingerprint density at radius 3 is 2.00 bits per heavy atom. The van der Waals surface area contributed by atoms with Gasteiger partial charge in [-0.25, -0.2) is 0 Å². The molecule has 2 amide bonds. The third-order valence-electron chi connectivity index (χ3n) is 3.14. The summed E-state index contributed by atoms with van der Waals surface area (Å²) in [5.74, 6) is 0.137. The predicted octanol–water partition coefficient (Wildman–Crippen LogP) is 2.13. The van der Waals surface area contributed by atoms with Crippen LogP contribution in [-0.4, -0.2) is 30.1 Å². The molecule has 0 heterocycles. The Bertz CT molecular complexity index is 797. The molecule has 9 heteroatoms. The molecule has 27 heavy (non-hydrogen) atoms. The highest BCUT2D eigenvalue weighted by molar-refractivity contribution is 7.80. The number of carbonyl (C=O) groups is 2. The van der Waals surface area contributed by atoms with Crippen LogP contribution in [0.2, 0.25) is 5.02 Å². The zero-order valence-corrected chi connectivity index (χ0v) is 16.0. The minimum absolute atomic E-state index is 0.0663. The zero-order chi connectivity index (χ0) is 19.6. The van der Waals surface area contributed by atoms with E-state index in [0.29, 0.717) is 16.5 Å². The molecular weight excluding hydrogens is 390 g/mol. The molecule has 7 nitrogen and oxygen atoms in total. The SMILES string of the molecule is Cc1ccc(OCC(=O)NNC(=S)NC(=O)COc2ccc(Cl)cc2)cc1. The van der Waals surface area contributed by atoms with E-state index in [9.17, 15) is 9.59 Å². The molecule has 2 aromatic rings. The number of hydrazine groups is 1. The van der Waals surface area contributed by atoms with Crippen LogP contribution in [0, 0.1) is 6.92 Å². The lowest BCUT2D eigenvalue weighted by Crippen LogP contribution is -2.50. The quantitative estimate of drug-likeness (QED) is 0.502. The molecule has 0 saturated heterocycles. The molecule has 0 bridgehead atoms. The second-order valence-electron chi connectivity index (χ2n) is 5.39. The van der Waals surface area contributed by atoms with Crippen molar-refractivity contribution >= 4 is 40.7 Å². The van der Waals surface area contributed by atoms with E-state index in [1.807, 2.05) is 19.1 Å². The lowest BCUT2D eigenvalue weighted by Gasteiger charge is -2.12. The highest BCUT2D eigenvalue weighted by atomic mass is 35.5. The Morgan fingerprint density at radius 1 is 0.889 bits per heavy atom. The molecule has 0 radical (unpaired) electrons. The first kappa shape index (κ1) is 20.5. The van der Waals surface area contributed by atoms with Gasteiger partial charge < -0.3 is 9.47 Å². The minimum Gasteiger partial charge on any atom is -0.484 e. The van der Waals surface area contributed by atoms with Gasteiger partial charge in [-0.15, -0.1) is 0 Å². The van der Waals surface area contributed by atoms with Crippen molar-refractivity contribution in [2.75, 3.05) is 13.2 Å². The number of thiocarbonyl (C=S) groups is 1. The van der Waals surface area contributed by atoms with Gasteiger partial charge in [0.15, 0.2) is 18.3 Å². The van der Waals surface area contributed by atoms with Gasteiger partial charge in [-0.1, -0.05) is 29.3 Å². The number of amides is 2. The first-order chi connectivity index (χ1) is 12.9. The summed E-state index contributed by atoms with van der Waals surface area (Å²) in [4.78, 5) is 23.5. The lowest BCUT2D eigenvalue weighted by atomic mass is 10.2. The third-order valence-corrected chi connectivity index (χ3v) is 3.60. The number of aryl methyl sites for hydroxylation is 1. The topological polar surface area (TPSA) is 88.7 Å². The van der Waals surface area contributed by atoms with Crippen molar-refractivity contribution in [3.8, 4) is 11.5 Å². The molecule has 0 unspecified atom stereocenters. The first-order valence-corrected chi connectivity index (χ1v) is 8.67. The zero-order valence-electron chi connectivity index (χ0n) is 14.5. The van der Waals surface area contributed by atoms with E-state index in [1.165, 1.54) is 0 Å². The molecule has 0 spiro atoms. The fourth-order valence-corrected chi connectivity index (χ4v) is 2.11. The summed E-state index contributed by atoms with van der Waals surface area (Å²) in [6.07, 6.45) is 0. The van der Waals surface area contributed by atoms with Gasteiger partial charge in [0, 0.05) is 5.02 Å². The summed E-state index contributed by atoms with van der Waals surface area (Å²) < 4.78 is 10.6. The van der Waals surface area contributed by atoms with E-state index >= 15 is 0 Å². The van der Waals surface area contributed by atoms with Crippen molar-refractivity contribution in [3.05, 3.63) is 59.1 Å². The number of ether oxygens (including phenoxy) is 2. The lowest BCUT2D eigenvalue weighted by molar-refractivity contribution is -0.124. The van der Waals surface area contributed by atoms with E-state index in [4.69, 9.17) is 33.3 Å². The van der Waals surface area contributed by atoms with Gasteiger partial charge in [0.1, 0.15) is 11.5 Å². The molecule has 0 saturated carbocycles. The van der Waals surface area contributed by atoms with Crippen LogP contribution in [0.4, 0.5) is 0 Å². The van der Waals surface area contributed by atoms with Gasteiger partial charge in [-0.2, -0.15) is 0 Å². The normalized spacial score (nSPS) is 9.85. The second-order valence-corrected chi connectivity index (χ2v) is 6.24. The van der Waals surface area contributed by atoms with E-state index in [1.54, 1.807) is 36.4 Å². The van der Waals surface area contributed by atoms with E-state index in [2.05, 4.69) is 16.2 Å². The fraction of sp³-hybridized carbons (Fsp3) is 0.167. The molecule has 2 aromatic carbocycles. The average Bonchev–Trinajstić information content (AvgIpc) is 2.65. The van der Waals surface area contributed by atoms with E-state index in [-0.39, 0.29) is 18.3 Å². The van der Waals surface area contributed by atoms with Crippen LogP contribution in [0.3, 0.4) is 0 Å². The minimum atomic E-state index is -0.479. The molecule has 0 aromatic heterocycles. The summed E-state index contributed by atoms with van der Waals surface area (Å²) in [7, 11) is 0. The molecule has 0 atom stereocenters. The Labute approximate surface area is 167 Å². The molecule has 3 N–H and O–H groups in total. The highest BCUT2D eigenvalue weighted by Crippen LogP contribution is 2.15. The Balaban J connectivity index is 1.62. The van der Waals surface area contributed by atoms with Crippen molar-refractivity contribution in [1.82, 2.24) is 16.2 Å². The standard InChI is InChI=1S/C18H18ClN3O4S/c1-12-2-6-14(7-3-12)26-11-17(24)21-22-18(27)20-16(23)10-25-15-8-4-13(19)5-9-15/h2-9H,10-11H2,1H3,(H,21,24)(H2,20,22,23,27). The fourth-order valence-electron chi connectivity index (χ4n) is 1.82. The molecule has 0 aliphatic carbocycles. The number of benzene rings is 2. The monoisotopic (exact) mass is 407 g/mol. The van der Waals surface area contributed by atoms with Crippen molar-refractivity contribution < 1.29 is 19.1 Å². The number of nitrogens with one attached hydrogen (secondary N) is 3. The van der Waals surface area contributed by atoms with Gasteiger partial charge >= 0.3 is 0 Å². The average molecular weight is 408 g/mol. The summed E-state index contributed by atoms with van der Waals surface area (Å²) in [6.45, 7) is 1.51. The molecular formula is C18H18ClN3O4S. The van der Waals surface area contributed by atoms with Gasteiger partial charge in [0.25, 0.3) is 11.8 Å². The van der Waals surface area contributed by atoms with Gasteiger partial charge in [0.2, 0.25) is 0 Å². The summed E-state index contributed by atoms with van der Waals surface area (Å²) in [5, 5.41) is 2.87. The summed E-state index contributed by atoms with van der Waals surface area (Å²) in [5.41, 5.74) is 5.83. The molecule has 0 fully saturated rings. The Hall–Kier alpha value is -2.84. The van der Waals surface area contributed by atoms with E-state index in [0.717, 1.165) is 5.56 Å². The summed E-state index contributed by atoms with van der Waals surface area (Å²) >= 11 is 10.7. The van der Waals surface area contributed by atoms with Crippen LogP contribution in [-0.2, 0) is 9.59 Å². The smallest absolute Gasteiger partial charge is 0.276 e. The molecule has 2 rings (SSSR count). The second kappa shape index (κ2) is 10.3. The number of halogens is 1. The number of hydrogen-bond acceptors (Lipinski definition) is 5.